The summed E-state index contributed by atoms with van der Waals surface area (Å²) in [5.74, 6) is 0.967. The van der Waals surface area contributed by atoms with Crippen molar-refractivity contribution >= 4 is 17.7 Å². The standard InChI is InChI=1S/C12H23NO3S/c1-12(13-2,11(14)15-3)6-4-5-7-17-10-8-16-9-10/h10,13H,4-9H2,1-3H3. The lowest BCUT2D eigenvalue weighted by Gasteiger charge is -2.27. The Hall–Kier alpha value is -0.260. The largest absolute Gasteiger partial charge is 0.468 e. The lowest BCUT2D eigenvalue weighted by atomic mass is 9.95. The fraction of sp³-hybridized carbons (Fsp3) is 0.917. The summed E-state index contributed by atoms with van der Waals surface area (Å²) in [4.78, 5) is 11.6. The van der Waals surface area contributed by atoms with Crippen molar-refractivity contribution in [2.45, 2.75) is 37.0 Å². The van der Waals surface area contributed by atoms with Crippen molar-refractivity contribution in [1.29, 1.82) is 0 Å². The van der Waals surface area contributed by atoms with E-state index in [1.165, 1.54) is 7.11 Å². The first-order valence-corrected chi connectivity index (χ1v) is 7.14. The van der Waals surface area contributed by atoms with Gasteiger partial charge in [0.05, 0.1) is 25.6 Å². The molecule has 5 heteroatoms. The Morgan fingerprint density at radius 1 is 1.53 bits per heavy atom. The van der Waals surface area contributed by atoms with Crippen molar-refractivity contribution in [3.05, 3.63) is 0 Å². The summed E-state index contributed by atoms with van der Waals surface area (Å²) in [5, 5.41) is 3.75. The number of rotatable bonds is 8. The zero-order valence-corrected chi connectivity index (χ0v) is 11.8. The molecule has 1 unspecified atom stereocenters. The zero-order chi connectivity index (χ0) is 12.7. The van der Waals surface area contributed by atoms with Gasteiger partial charge >= 0.3 is 5.97 Å². The molecule has 1 aliphatic heterocycles. The Morgan fingerprint density at radius 2 is 2.24 bits per heavy atom. The Bertz CT molecular complexity index is 246. The third kappa shape index (κ3) is 4.48. The van der Waals surface area contributed by atoms with Gasteiger partial charge in [-0.25, -0.2) is 0 Å². The maximum absolute atomic E-state index is 11.6. The Balaban J connectivity index is 2.11. The van der Waals surface area contributed by atoms with Crippen molar-refractivity contribution in [1.82, 2.24) is 5.32 Å². The van der Waals surface area contributed by atoms with E-state index < -0.39 is 5.54 Å². The van der Waals surface area contributed by atoms with Gasteiger partial charge in [0.2, 0.25) is 0 Å². The second-order valence-electron chi connectivity index (χ2n) is 4.56. The Kier molecular flexibility index (Phi) is 6.30. The number of hydrogen-bond acceptors (Lipinski definition) is 5. The van der Waals surface area contributed by atoms with E-state index in [0.717, 1.165) is 38.2 Å². The number of thioether (sulfide) groups is 1. The summed E-state index contributed by atoms with van der Waals surface area (Å²) in [6.45, 7) is 3.70. The summed E-state index contributed by atoms with van der Waals surface area (Å²) < 4.78 is 9.92. The highest BCUT2D eigenvalue weighted by atomic mass is 32.2. The quantitative estimate of drug-likeness (QED) is 0.529. The molecule has 0 amide bonds. The topological polar surface area (TPSA) is 47.6 Å². The number of hydrogen-bond donors (Lipinski definition) is 1. The molecule has 1 rings (SSSR count). The molecule has 1 N–H and O–H groups in total. The molecular weight excluding hydrogens is 238 g/mol. The van der Waals surface area contributed by atoms with Crippen LogP contribution in [-0.4, -0.2) is 49.9 Å². The van der Waals surface area contributed by atoms with Gasteiger partial charge in [0.15, 0.2) is 0 Å². The van der Waals surface area contributed by atoms with Crippen LogP contribution in [0.15, 0.2) is 0 Å². The number of esters is 1. The number of carbonyl (C=O) groups excluding carboxylic acids is 1. The van der Waals surface area contributed by atoms with Crippen LogP contribution in [0.2, 0.25) is 0 Å². The van der Waals surface area contributed by atoms with Crippen LogP contribution in [0.4, 0.5) is 0 Å². The van der Waals surface area contributed by atoms with Crippen LogP contribution in [0.25, 0.3) is 0 Å². The molecule has 100 valence electrons. The molecule has 17 heavy (non-hydrogen) atoms. The van der Waals surface area contributed by atoms with Gasteiger partial charge in [0.25, 0.3) is 0 Å². The Labute approximate surface area is 108 Å². The van der Waals surface area contributed by atoms with Crippen molar-refractivity contribution in [3.63, 3.8) is 0 Å². The average molecular weight is 261 g/mol. The smallest absolute Gasteiger partial charge is 0.325 e. The lowest BCUT2D eigenvalue weighted by Crippen LogP contribution is -2.48. The fourth-order valence-corrected chi connectivity index (χ4v) is 2.78. The summed E-state index contributed by atoms with van der Waals surface area (Å²) >= 11 is 1.97. The summed E-state index contributed by atoms with van der Waals surface area (Å²) in [6.07, 6.45) is 2.99. The highest BCUT2D eigenvalue weighted by molar-refractivity contribution is 8.00. The molecule has 1 atom stereocenters. The number of unbranched alkanes of at least 4 members (excludes halogenated alkanes) is 1. The van der Waals surface area contributed by atoms with Gasteiger partial charge < -0.3 is 14.8 Å². The lowest BCUT2D eigenvalue weighted by molar-refractivity contribution is -0.148. The van der Waals surface area contributed by atoms with E-state index in [-0.39, 0.29) is 5.97 Å². The fourth-order valence-electron chi connectivity index (χ4n) is 1.70. The molecule has 4 nitrogen and oxygen atoms in total. The predicted molar refractivity (Wildman–Crippen MR) is 70.4 cm³/mol. The molecule has 0 aromatic rings. The van der Waals surface area contributed by atoms with Crippen molar-refractivity contribution in [2.75, 3.05) is 33.1 Å². The van der Waals surface area contributed by atoms with Gasteiger partial charge in [-0.3, -0.25) is 4.79 Å². The van der Waals surface area contributed by atoms with Gasteiger partial charge in [0, 0.05) is 0 Å². The van der Waals surface area contributed by atoms with Gasteiger partial charge in [-0.15, -0.1) is 0 Å². The second kappa shape index (κ2) is 7.24. The van der Waals surface area contributed by atoms with Crippen LogP contribution in [-0.2, 0) is 14.3 Å². The molecule has 1 saturated heterocycles. The van der Waals surface area contributed by atoms with E-state index in [1.807, 2.05) is 18.7 Å². The van der Waals surface area contributed by atoms with E-state index in [1.54, 1.807) is 7.05 Å². The zero-order valence-electron chi connectivity index (χ0n) is 11.0. The molecule has 1 fully saturated rings. The van der Waals surface area contributed by atoms with Crippen LogP contribution in [0.1, 0.15) is 26.2 Å². The minimum atomic E-state index is -0.543. The monoisotopic (exact) mass is 261 g/mol. The number of likely N-dealkylation sites (N-methyl/N-ethyl adjacent to an activating group) is 1. The molecule has 0 spiro atoms. The minimum Gasteiger partial charge on any atom is -0.468 e. The first-order valence-electron chi connectivity index (χ1n) is 6.09. The third-order valence-corrected chi connectivity index (χ3v) is 4.49. The molecular formula is C12H23NO3S. The summed E-state index contributed by atoms with van der Waals surface area (Å²) in [6, 6.07) is 0. The molecule has 1 aliphatic rings. The number of methoxy groups -OCH3 is 1. The first kappa shape index (κ1) is 14.8. The summed E-state index contributed by atoms with van der Waals surface area (Å²) in [5.41, 5.74) is -0.543. The van der Waals surface area contributed by atoms with E-state index in [2.05, 4.69) is 5.32 Å². The maximum atomic E-state index is 11.6. The van der Waals surface area contributed by atoms with E-state index >= 15 is 0 Å². The molecule has 0 aliphatic carbocycles. The highest BCUT2D eigenvalue weighted by Crippen LogP contribution is 2.22. The van der Waals surface area contributed by atoms with Gasteiger partial charge in [-0.1, -0.05) is 6.42 Å². The van der Waals surface area contributed by atoms with E-state index in [4.69, 9.17) is 9.47 Å². The van der Waals surface area contributed by atoms with Crippen molar-refractivity contribution in [2.24, 2.45) is 0 Å². The van der Waals surface area contributed by atoms with Crippen molar-refractivity contribution < 1.29 is 14.3 Å². The number of ether oxygens (including phenoxy) is 2. The number of nitrogens with one attached hydrogen (secondary N) is 1. The van der Waals surface area contributed by atoms with Crippen LogP contribution < -0.4 is 5.32 Å². The van der Waals surface area contributed by atoms with Gasteiger partial charge in [0.1, 0.15) is 5.54 Å². The predicted octanol–water partition coefficient (Wildman–Crippen LogP) is 1.44. The molecule has 1 heterocycles. The Morgan fingerprint density at radius 3 is 2.71 bits per heavy atom. The molecule has 0 bridgehead atoms. The van der Waals surface area contributed by atoms with Crippen molar-refractivity contribution in [3.8, 4) is 0 Å². The van der Waals surface area contributed by atoms with Crippen LogP contribution in [0, 0.1) is 0 Å². The van der Waals surface area contributed by atoms with Crippen LogP contribution in [0.5, 0.6) is 0 Å². The summed E-state index contributed by atoms with van der Waals surface area (Å²) in [7, 11) is 3.24. The van der Waals surface area contributed by atoms with Gasteiger partial charge in [-0.2, -0.15) is 11.8 Å². The first-order chi connectivity index (χ1) is 8.12. The highest BCUT2D eigenvalue weighted by Gasteiger charge is 2.31. The third-order valence-electron chi connectivity index (χ3n) is 3.22. The molecule has 0 saturated carbocycles. The molecule has 0 aromatic carbocycles. The average Bonchev–Trinajstić information content (AvgIpc) is 2.29. The second-order valence-corrected chi connectivity index (χ2v) is 5.97. The van der Waals surface area contributed by atoms with Crippen LogP contribution in [0.3, 0.4) is 0 Å². The van der Waals surface area contributed by atoms with E-state index in [9.17, 15) is 4.79 Å². The normalized spacial score (nSPS) is 19.5. The maximum Gasteiger partial charge on any atom is 0.325 e. The van der Waals surface area contributed by atoms with Crippen LogP contribution >= 0.6 is 11.8 Å². The molecule has 0 aromatic heterocycles. The minimum absolute atomic E-state index is 0.181. The SMILES string of the molecule is CNC(C)(CCCCSC1COC1)C(=O)OC. The van der Waals surface area contributed by atoms with E-state index in [0.29, 0.717) is 5.25 Å². The molecule has 0 radical (unpaired) electrons. The number of carbonyl (C=O) groups is 1. The van der Waals surface area contributed by atoms with Gasteiger partial charge in [-0.05, 0) is 32.6 Å².